The molecule has 240 valence electrons. The van der Waals surface area contributed by atoms with E-state index in [1.54, 1.807) is 0 Å². The van der Waals surface area contributed by atoms with E-state index in [9.17, 15) is 0 Å². The number of furan rings is 1. The lowest BCUT2D eigenvalue weighted by molar-refractivity contribution is 0.660. The van der Waals surface area contributed by atoms with Crippen molar-refractivity contribution >= 4 is 39.0 Å². The minimum absolute atomic E-state index is 0.0974. The van der Waals surface area contributed by atoms with Gasteiger partial charge in [0.15, 0.2) is 0 Å². The molecule has 0 N–H and O–H groups in total. The van der Waals surface area contributed by atoms with Crippen LogP contribution in [0.5, 0.6) is 0 Å². The molecule has 2 aliphatic rings. The lowest BCUT2D eigenvalue weighted by Crippen LogP contribution is -2.18. The van der Waals surface area contributed by atoms with Gasteiger partial charge in [0.2, 0.25) is 0 Å². The van der Waals surface area contributed by atoms with Crippen molar-refractivity contribution in [3.8, 4) is 33.4 Å². The zero-order chi connectivity index (χ0) is 33.8. The molecule has 50 heavy (non-hydrogen) atoms. The van der Waals surface area contributed by atoms with Gasteiger partial charge in [0.25, 0.3) is 0 Å². The molecule has 7 aromatic carbocycles. The molecule has 0 radical (unpaired) electrons. The van der Waals surface area contributed by atoms with Crippen LogP contribution in [0.15, 0.2) is 156 Å². The summed E-state index contributed by atoms with van der Waals surface area (Å²) in [6.45, 7) is 9.43. The van der Waals surface area contributed by atoms with Gasteiger partial charge in [0, 0.05) is 38.7 Å². The van der Waals surface area contributed by atoms with Gasteiger partial charge in [-0.2, -0.15) is 0 Å². The van der Waals surface area contributed by atoms with Crippen LogP contribution in [0, 0.1) is 0 Å². The van der Waals surface area contributed by atoms with E-state index >= 15 is 0 Å². The van der Waals surface area contributed by atoms with Crippen LogP contribution in [-0.2, 0) is 10.8 Å². The van der Waals surface area contributed by atoms with Crippen LogP contribution in [0.3, 0.4) is 0 Å². The summed E-state index contributed by atoms with van der Waals surface area (Å²) in [5.41, 5.74) is 18.3. The van der Waals surface area contributed by atoms with E-state index in [1.165, 1.54) is 55.6 Å². The largest absolute Gasteiger partial charge is 0.456 e. The highest BCUT2D eigenvalue weighted by Crippen LogP contribution is 2.53. The fourth-order valence-corrected chi connectivity index (χ4v) is 8.84. The van der Waals surface area contributed by atoms with E-state index < -0.39 is 0 Å². The first-order valence-electron chi connectivity index (χ1n) is 17.6. The Morgan fingerprint density at radius 3 is 1.56 bits per heavy atom. The van der Waals surface area contributed by atoms with Crippen LogP contribution in [0.4, 0.5) is 17.1 Å². The second-order valence-electron chi connectivity index (χ2n) is 15.0. The SMILES string of the molecule is CC1(C)c2ccccc2-c2ccc(N(c3cccc(-c4ccc5oc6ccccc6c5c4)c3)c3ccc4c(c3)C(C)(C)c3ccccc3-4)cc21. The second kappa shape index (κ2) is 10.3. The van der Waals surface area contributed by atoms with Crippen LogP contribution < -0.4 is 4.90 Å². The Morgan fingerprint density at radius 1 is 0.380 bits per heavy atom. The number of nitrogens with zero attached hydrogens (tertiary/aromatic N) is 1. The fraction of sp³-hybridized carbons (Fsp3) is 0.125. The van der Waals surface area contributed by atoms with Gasteiger partial charge in [-0.25, -0.2) is 0 Å². The quantitative estimate of drug-likeness (QED) is 0.190. The van der Waals surface area contributed by atoms with Gasteiger partial charge in [-0.1, -0.05) is 125 Å². The van der Waals surface area contributed by atoms with Crippen LogP contribution in [-0.4, -0.2) is 0 Å². The molecule has 8 aromatic rings. The molecule has 0 amide bonds. The average molecular weight is 644 g/mol. The minimum atomic E-state index is -0.0974. The molecule has 0 spiro atoms. The predicted octanol–water partition coefficient (Wildman–Crippen LogP) is 13.3. The third-order valence-electron chi connectivity index (χ3n) is 11.5. The summed E-state index contributed by atoms with van der Waals surface area (Å²) >= 11 is 0. The van der Waals surface area contributed by atoms with Crippen LogP contribution in [0.1, 0.15) is 49.9 Å². The van der Waals surface area contributed by atoms with Gasteiger partial charge < -0.3 is 9.32 Å². The van der Waals surface area contributed by atoms with E-state index in [2.05, 4.69) is 172 Å². The van der Waals surface area contributed by atoms with Crippen molar-refractivity contribution in [2.24, 2.45) is 0 Å². The van der Waals surface area contributed by atoms with Crippen molar-refractivity contribution in [2.75, 3.05) is 4.90 Å². The molecule has 0 atom stereocenters. The molecule has 1 heterocycles. The molecule has 2 aliphatic carbocycles. The van der Waals surface area contributed by atoms with Crippen LogP contribution in [0.2, 0.25) is 0 Å². The zero-order valence-corrected chi connectivity index (χ0v) is 28.8. The van der Waals surface area contributed by atoms with Crippen LogP contribution >= 0.6 is 0 Å². The minimum Gasteiger partial charge on any atom is -0.456 e. The summed E-state index contributed by atoms with van der Waals surface area (Å²) in [6, 6.07) is 55.7. The smallest absolute Gasteiger partial charge is 0.135 e. The Bertz CT molecular complexity index is 2560. The van der Waals surface area contributed by atoms with Gasteiger partial charge in [-0.15, -0.1) is 0 Å². The summed E-state index contributed by atoms with van der Waals surface area (Å²) in [7, 11) is 0. The molecule has 0 bridgehead atoms. The molecule has 0 fully saturated rings. The predicted molar refractivity (Wildman–Crippen MR) is 209 cm³/mol. The Morgan fingerprint density at radius 2 is 0.900 bits per heavy atom. The number of rotatable bonds is 4. The number of para-hydroxylation sites is 1. The molecule has 0 saturated carbocycles. The van der Waals surface area contributed by atoms with Crippen molar-refractivity contribution in [3.63, 3.8) is 0 Å². The Balaban J connectivity index is 1.16. The van der Waals surface area contributed by atoms with Gasteiger partial charge in [0.05, 0.1) is 0 Å². The van der Waals surface area contributed by atoms with Gasteiger partial charge in [-0.3, -0.25) is 0 Å². The van der Waals surface area contributed by atoms with Crippen molar-refractivity contribution in [1.29, 1.82) is 0 Å². The number of fused-ring (bicyclic) bond motifs is 9. The van der Waals surface area contributed by atoms with E-state index in [0.717, 1.165) is 39.0 Å². The van der Waals surface area contributed by atoms with E-state index in [0.29, 0.717) is 0 Å². The normalized spacial score (nSPS) is 14.7. The Kier molecular flexibility index (Phi) is 6.01. The van der Waals surface area contributed by atoms with Gasteiger partial charge in [0.1, 0.15) is 11.2 Å². The highest BCUT2D eigenvalue weighted by Gasteiger charge is 2.37. The van der Waals surface area contributed by atoms with Crippen molar-refractivity contribution in [2.45, 2.75) is 38.5 Å². The maximum absolute atomic E-state index is 6.17. The second-order valence-corrected chi connectivity index (χ2v) is 15.0. The highest BCUT2D eigenvalue weighted by molar-refractivity contribution is 6.06. The van der Waals surface area contributed by atoms with E-state index in [1.807, 2.05) is 12.1 Å². The number of benzene rings is 7. The Labute approximate surface area is 293 Å². The standard InChI is InChI=1S/C48H37NO/c1-47(2)41-17-8-5-14-35(41)37-23-21-33(28-43(37)47)49(34-22-24-38-36-15-6-9-18-42(36)48(3,4)44(38)29-34)32-13-11-12-30(26-32)31-20-25-46-40(27-31)39-16-7-10-19-45(39)50-46/h5-29H,1-4H3. The molecule has 10 rings (SSSR count). The van der Waals surface area contributed by atoms with Crippen LogP contribution in [0.25, 0.3) is 55.3 Å². The number of hydrogen-bond donors (Lipinski definition) is 0. The summed E-state index contributed by atoms with van der Waals surface area (Å²) in [5.74, 6) is 0. The van der Waals surface area contributed by atoms with Gasteiger partial charge >= 0.3 is 0 Å². The molecule has 0 aliphatic heterocycles. The molecular weight excluding hydrogens is 607 g/mol. The number of hydrogen-bond acceptors (Lipinski definition) is 2. The number of anilines is 3. The summed E-state index contributed by atoms with van der Waals surface area (Å²) in [6.07, 6.45) is 0. The molecule has 0 unspecified atom stereocenters. The highest BCUT2D eigenvalue weighted by atomic mass is 16.3. The third-order valence-corrected chi connectivity index (χ3v) is 11.5. The topological polar surface area (TPSA) is 16.4 Å². The summed E-state index contributed by atoms with van der Waals surface area (Å²) in [5, 5.41) is 2.28. The zero-order valence-electron chi connectivity index (χ0n) is 28.8. The first kappa shape index (κ1) is 29.1. The van der Waals surface area contributed by atoms with Crippen molar-refractivity contribution in [3.05, 3.63) is 174 Å². The summed E-state index contributed by atoms with van der Waals surface area (Å²) < 4.78 is 6.17. The van der Waals surface area contributed by atoms with Crippen molar-refractivity contribution in [1.82, 2.24) is 0 Å². The lowest BCUT2D eigenvalue weighted by atomic mass is 9.82. The monoisotopic (exact) mass is 643 g/mol. The lowest BCUT2D eigenvalue weighted by Gasteiger charge is -2.30. The molecule has 0 saturated heterocycles. The molecule has 1 aromatic heterocycles. The van der Waals surface area contributed by atoms with E-state index in [4.69, 9.17) is 4.42 Å². The Hall–Kier alpha value is -5.86. The van der Waals surface area contributed by atoms with Gasteiger partial charge in [-0.05, 0) is 110 Å². The molecule has 2 nitrogen and oxygen atoms in total. The third kappa shape index (κ3) is 4.08. The molecule has 2 heteroatoms. The fourth-order valence-electron chi connectivity index (χ4n) is 8.84. The molecular formula is C48H37NO. The summed E-state index contributed by atoms with van der Waals surface area (Å²) in [4.78, 5) is 2.45. The average Bonchev–Trinajstić information content (AvgIpc) is 3.71. The first-order chi connectivity index (χ1) is 24.3. The first-order valence-corrected chi connectivity index (χ1v) is 17.6. The maximum atomic E-state index is 6.17. The maximum Gasteiger partial charge on any atom is 0.135 e. The van der Waals surface area contributed by atoms with Crippen molar-refractivity contribution < 1.29 is 4.42 Å². The van der Waals surface area contributed by atoms with E-state index in [-0.39, 0.29) is 10.8 Å².